The molecule has 0 atom stereocenters. The largest absolute Gasteiger partial charge is 0.422 e. The van der Waals surface area contributed by atoms with E-state index in [2.05, 4.69) is 10.5 Å². The van der Waals surface area contributed by atoms with Gasteiger partial charge in [-0.2, -0.15) is 5.10 Å². The fraction of sp³-hybridized carbons (Fsp3) is 0. The minimum Gasteiger partial charge on any atom is -0.422 e. The average molecular weight is 498 g/mol. The van der Waals surface area contributed by atoms with Gasteiger partial charge in [0.15, 0.2) is 0 Å². The van der Waals surface area contributed by atoms with Crippen LogP contribution in [0.2, 0.25) is 15.1 Å². The molecule has 0 aliphatic heterocycles. The van der Waals surface area contributed by atoms with Crippen molar-refractivity contribution in [1.29, 1.82) is 0 Å². The monoisotopic (exact) mass is 496 g/mol. The molecule has 0 radical (unpaired) electrons. The summed E-state index contributed by atoms with van der Waals surface area (Å²) >= 11 is 18.0. The number of benzene rings is 4. The molecule has 0 saturated heterocycles. The number of esters is 1. The number of nitrogens with zero attached hydrogens (tertiary/aromatic N) is 1. The number of carbonyl (C=O) groups is 2. The molecule has 8 heteroatoms. The number of hydrazone groups is 1. The first kappa shape index (κ1) is 22.8. The van der Waals surface area contributed by atoms with Crippen LogP contribution in [0, 0.1) is 0 Å². The van der Waals surface area contributed by atoms with E-state index in [0.717, 1.165) is 10.8 Å². The van der Waals surface area contributed by atoms with Gasteiger partial charge in [-0.1, -0.05) is 77.3 Å². The van der Waals surface area contributed by atoms with Gasteiger partial charge in [0.25, 0.3) is 5.91 Å². The third kappa shape index (κ3) is 5.17. The van der Waals surface area contributed by atoms with Crippen LogP contribution in [0.3, 0.4) is 0 Å². The Labute approximate surface area is 204 Å². The maximum absolute atomic E-state index is 12.7. The number of hydrogen-bond acceptors (Lipinski definition) is 4. The maximum atomic E-state index is 12.7. The zero-order valence-electron chi connectivity index (χ0n) is 16.9. The first-order chi connectivity index (χ1) is 15.9. The molecule has 0 saturated carbocycles. The van der Waals surface area contributed by atoms with E-state index in [0.29, 0.717) is 16.1 Å². The lowest BCUT2D eigenvalue weighted by Gasteiger charge is -2.11. The van der Waals surface area contributed by atoms with Crippen molar-refractivity contribution < 1.29 is 14.3 Å². The summed E-state index contributed by atoms with van der Waals surface area (Å²) in [5.41, 5.74) is 3.50. The van der Waals surface area contributed by atoms with E-state index >= 15 is 0 Å². The molecule has 4 aromatic rings. The number of fused-ring (bicyclic) bond motifs is 1. The van der Waals surface area contributed by atoms with Gasteiger partial charge in [0.2, 0.25) is 0 Å². The van der Waals surface area contributed by atoms with Crippen molar-refractivity contribution in [3.8, 4) is 5.75 Å². The van der Waals surface area contributed by atoms with Gasteiger partial charge in [0.05, 0.1) is 26.8 Å². The summed E-state index contributed by atoms with van der Waals surface area (Å²) in [6, 6.07) is 22.2. The van der Waals surface area contributed by atoms with Crippen molar-refractivity contribution in [2.45, 2.75) is 0 Å². The van der Waals surface area contributed by atoms with Crippen molar-refractivity contribution in [3.05, 3.63) is 111 Å². The lowest BCUT2D eigenvalue weighted by atomic mass is 10.0. The van der Waals surface area contributed by atoms with Crippen molar-refractivity contribution in [2.75, 3.05) is 0 Å². The third-order valence-electron chi connectivity index (χ3n) is 4.77. The van der Waals surface area contributed by atoms with E-state index in [1.807, 2.05) is 30.3 Å². The summed E-state index contributed by atoms with van der Waals surface area (Å²) in [5.74, 6) is -0.809. The molecule has 0 bridgehead atoms. The van der Waals surface area contributed by atoms with E-state index in [1.54, 1.807) is 30.3 Å². The summed E-state index contributed by atoms with van der Waals surface area (Å²) in [6.07, 6.45) is 1.42. The van der Waals surface area contributed by atoms with Crippen molar-refractivity contribution in [3.63, 3.8) is 0 Å². The molecule has 1 amide bonds. The van der Waals surface area contributed by atoms with Crippen LogP contribution in [-0.2, 0) is 0 Å². The summed E-state index contributed by atoms with van der Waals surface area (Å²) < 4.78 is 5.63. The first-order valence-corrected chi connectivity index (χ1v) is 10.8. The molecule has 0 aliphatic rings. The molecular formula is C25H15Cl3N2O3. The topological polar surface area (TPSA) is 67.8 Å². The van der Waals surface area contributed by atoms with E-state index in [9.17, 15) is 9.59 Å². The number of amides is 1. The average Bonchev–Trinajstić information content (AvgIpc) is 2.82. The molecule has 0 aliphatic carbocycles. The summed E-state index contributed by atoms with van der Waals surface area (Å²) in [7, 11) is 0. The van der Waals surface area contributed by atoms with Crippen molar-refractivity contribution >= 4 is 63.7 Å². The predicted octanol–water partition coefficient (Wildman–Crippen LogP) is 6.78. The van der Waals surface area contributed by atoms with Crippen molar-refractivity contribution in [1.82, 2.24) is 5.43 Å². The molecule has 0 aromatic heterocycles. The highest BCUT2D eigenvalue weighted by atomic mass is 35.5. The summed E-state index contributed by atoms with van der Waals surface area (Å²) in [5, 5.41) is 6.65. The zero-order valence-corrected chi connectivity index (χ0v) is 19.2. The van der Waals surface area contributed by atoms with E-state index in [4.69, 9.17) is 39.5 Å². The van der Waals surface area contributed by atoms with Gasteiger partial charge in [0.1, 0.15) is 5.75 Å². The Bertz CT molecular complexity index is 1400. The summed E-state index contributed by atoms with van der Waals surface area (Å²) in [6.45, 7) is 0. The molecule has 5 nitrogen and oxygen atoms in total. The van der Waals surface area contributed by atoms with Gasteiger partial charge in [-0.25, -0.2) is 10.2 Å². The SMILES string of the molecule is O=C(NN=Cc1c(OC(=O)c2ccccc2Cl)ccc2ccccc12)c1ccc(Cl)c(Cl)c1. The lowest BCUT2D eigenvalue weighted by Crippen LogP contribution is -2.17. The molecular weight excluding hydrogens is 483 g/mol. The zero-order chi connectivity index (χ0) is 23.4. The van der Waals surface area contributed by atoms with Crippen molar-refractivity contribution in [2.24, 2.45) is 5.10 Å². The Morgan fingerprint density at radius 1 is 0.818 bits per heavy atom. The number of hydrogen-bond donors (Lipinski definition) is 1. The Hall–Kier alpha value is -3.38. The number of rotatable bonds is 5. The van der Waals surface area contributed by atoms with Crippen LogP contribution < -0.4 is 10.2 Å². The van der Waals surface area contributed by atoms with Crippen LogP contribution in [0.15, 0.2) is 84.0 Å². The second kappa shape index (κ2) is 10.0. The number of halogens is 3. The van der Waals surface area contributed by atoms with Crippen LogP contribution in [0.1, 0.15) is 26.3 Å². The quantitative estimate of drug-likeness (QED) is 0.143. The van der Waals surface area contributed by atoms with E-state index in [-0.39, 0.29) is 21.4 Å². The standard InChI is InChI=1S/C25H15Cl3N2O3/c26-20-8-4-3-7-18(20)25(32)33-23-12-10-15-5-1-2-6-17(15)19(23)14-29-30-24(31)16-9-11-21(27)22(28)13-16/h1-14H,(H,30,31). The molecule has 33 heavy (non-hydrogen) atoms. The molecule has 164 valence electrons. The predicted molar refractivity (Wildman–Crippen MR) is 132 cm³/mol. The maximum Gasteiger partial charge on any atom is 0.345 e. The van der Waals surface area contributed by atoms with Crippen LogP contribution in [0.4, 0.5) is 0 Å². The second-order valence-electron chi connectivity index (χ2n) is 6.90. The lowest BCUT2D eigenvalue weighted by molar-refractivity contribution is 0.0734. The second-order valence-corrected chi connectivity index (χ2v) is 8.12. The molecule has 4 rings (SSSR count). The van der Waals surface area contributed by atoms with Gasteiger partial charge in [-0.3, -0.25) is 4.79 Å². The smallest absolute Gasteiger partial charge is 0.345 e. The van der Waals surface area contributed by atoms with Crippen LogP contribution in [0.25, 0.3) is 10.8 Å². The summed E-state index contributed by atoms with van der Waals surface area (Å²) in [4.78, 5) is 25.1. The Morgan fingerprint density at radius 2 is 1.58 bits per heavy atom. The van der Waals surface area contributed by atoms with Crippen LogP contribution in [0.5, 0.6) is 5.75 Å². The highest BCUT2D eigenvalue weighted by Gasteiger charge is 2.16. The highest BCUT2D eigenvalue weighted by Crippen LogP contribution is 2.28. The number of ether oxygens (including phenoxy) is 1. The van der Waals surface area contributed by atoms with Gasteiger partial charge >= 0.3 is 5.97 Å². The van der Waals surface area contributed by atoms with E-state index in [1.165, 1.54) is 24.4 Å². The fourth-order valence-electron chi connectivity index (χ4n) is 3.14. The first-order valence-electron chi connectivity index (χ1n) is 9.71. The number of carbonyl (C=O) groups excluding carboxylic acids is 2. The Balaban J connectivity index is 1.64. The van der Waals surface area contributed by atoms with Gasteiger partial charge < -0.3 is 4.74 Å². The Kier molecular flexibility index (Phi) is 6.94. The van der Waals surface area contributed by atoms with E-state index < -0.39 is 11.9 Å². The Morgan fingerprint density at radius 3 is 2.36 bits per heavy atom. The molecule has 0 unspecified atom stereocenters. The normalized spacial score (nSPS) is 11.0. The van der Waals surface area contributed by atoms with Gasteiger partial charge in [-0.15, -0.1) is 0 Å². The third-order valence-corrected chi connectivity index (χ3v) is 5.84. The minimum absolute atomic E-state index is 0.239. The molecule has 4 aromatic carbocycles. The minimum atomic E-state index is -0.606. The van der Waals surface area contributed by atoms with Gasteiger partial charge in [-0.05, 0) is 47.2 Å². The molecule has 1 N–H and O–H groups in total. The highest BCUT2D eigenvalue weighted by molar-refractivity contribution is 6.42. The number of nitrogens with one attached hydrogen (secondary N) is 1. The van der Waals surface area contributed by atoms with Crippen LogP contribution in [-0.4, -0.2) is 18.1 Å². The molecule has 0 heterocycles. The molecule has 0 fully saturated rings. The van der Waals surface area contributed by atoms with Gasteiger partial charge in [0, 0.05) is 11.1 Å². The fourth-order valence-corrected chi connectivity index (χ4v) is 3.65. The van der Waals surface area contributed by atoms with Crippen LogP contribution >= 0.6 is 34.8 Å². The molecule has 0 spiro atoms.